The smallest absolute Gasteiger partial charge is 0.0502 e. The molecule has 5 aliphatic carbocycles. The van der Waals surface area contributed by atoms with Gasteiger partial charge in [-0.2, -0.15) is 0 Å². The molecule has 6 aromatic rings. The summed E-state index contributed by atoms with van der Waals surface area (Å²) in [5.41, 5.74) is 16.2. The summed E-state index contributed by atoms with van der Waals surface area (Å²) < 4.78 is 0. The predicted octanol–water partition coefficient (Wildman–Crippen LogP) is 14.7. The second-order valence-corrected chi connectivity index (χ2v) is 20.7. The molecule has 2 heteroatoms. The highest BCUT2D eigenvalue weighted by atomic mass is 32.2. The van der Waals surface area contributed by atoms with E-state index in [0.29, 0.717) is 5.41 Å². The van der Waals surface area contributed by atoms with E-state index in [2.05, 4.69) is 172 Å². The average molecular weight is 746 g/mol. The van der Waals surface area contributed by atoms with Gasteiger partial charge in [-0.25, -0.2) is 0 Å². The van der Waals surface area contributed by atoms with Crippen molar-refractivity contribution < 1.29 is 0 Å². The van der Waals surface area contributed by atoms with Crippen LogP contribution in [-0.4, -0.2) is 0 Å². The number of rotatable bonds is 5. The maximum atomic E-state index is 2.69. The number of nitrogens with zero attached hydrogens (tertiary/aromatic N) is 1. The van der Waals surface area contributed by atoms with Gasteiger partial charge in [0.2, 0.25) is 0 Å². The van der Waals surface area contributed by atoms with Crippen molar-refractivity contribution in [1.82, 2.24) is 0 Å². The van der Waals surface area contributed by atoms with Crippen molar-refractivity contribution >= 4 is 28.8 Å². The number of benzene rings is 6. The Kier molecular flexibility index (Phi) is 6.92. The zero-order chi connectivity index (χ0) is 37.6. The van der Waals surface area contributed by atoms with Gasteiger partial charge in [0.25, 0.3) is 0 Å². The van der Waals surface area contributed by atoms with E-state index in [1.54, 1.807) is 11.1 Å². The summed E-state index contributed by atoms with van der Waals surface area (Å²) in [4.78, 5) is 5.63. The van der Waals surface area contributed by atoms with Gasteiger partial charge in [-0.3, -0.25) is 0 Å². The van der Waals surface area contributed by atoms with Crippen LogP contribution >= 0.6 is 11.8 Å². The molecular formula is C54H51NS. The molecule has 278 valence electrons. The molecule has 6 unspecified atom stereocenters. The first kappa shape index (κ1) is 33.6. The summed E-state index contributed by atoms with van der Waals surface area (Å²) >= 11 is 2.04. The Balaban J connectivity index is 1.08. The normalized spacial score (nSPS) is 29.0. The summed E-state index contributed by atoms with van der Waals surface area (Å²) in [6, 6.07) is 53.6. The van der Waals surface area contributed by atoms with Crippen molar-refractivity contribution in [2.24, 2.45) is 29.1 Å². The van der Waals surface area contributed by atoms with Gasteiger partial charge in [0, 0.05) is 26.6 Å². The monoisotopic (exact) mass is 745 g/mol. The Morgan fingerprint density at radius 3 is 1.98 bits per heavy atom. The molecule has 6 aromatic carbocycles. The molecule has 6 aliphatic rings. The molecule has 0 saturated heterocycles. The minimum atomic E-state index is 0.0616. The van der Waals surface area contributed by atoms with Gasteiger partial charge >= 0.3 is 0 Å². The molecule has 0 N–H and O–H groups in total. The third kappa shape index (κ3) is 4.30. The summed E-state index contributed by atoms with van der Waals surface area (Å²) in [6.07, 6.45) is 8.15. The first-order valence-electron chi connectivity index (χ1n) is 21.3. The largest absolute Gasteiger partial charge is 0.310 e. The Labute approximate surface area is 337 Å². The maximum Gasteiger partial charge on any atom is 0.0502 e. The van der Waals surface area contributed by atoms with E-state index in [9.17, 15) is 0 Å². The first-order valence-corrected chi connectivity index (χ1v) is 22.1. The van der Waals surface area contributed by atoms with Crippen LogP contribution in [0, 0.1) is 29.1 Å². The zero-order valence-electron chi connectivity index (χ0n) is 33.2. The highest BCUT2D eigenvalue weighted by Gasteiger charge is 2.84. The van der Waals surface area contributed by atoms with Crippen LogP contribution in [0.3, 0.4) is 0 Å². The summed E-state index contributed by atoms with van der Waals surface area (Å²) in [7, 11) is 0. The lowest BCUT2D eigenvalue weighted by Crippen LogP contribution is -2.74. The molecule has 4 fully saturated rings. The van der Waals surface area contributed by atoms with Crippen LogP contribution in [0.4, 0.5) is 17.1 Å². The molecule has 2 bridgehead atoms. The van der Waals surface area contributed by atoms with E-state index in [1.807, 2.05) is 11.8 Å². The topological polar surface area (TPSA) is 3.24 Å². The van der Waals surface area contributed by atoms with E-state index >= 15 is 0 Å². The minimum Gasteiger partial charge on any atom is -0.310 e. The molecule has 56 heavy (non-hydrogen) atoms. The molecule has 1 nitrogen and oxygen atoms in total. The van der Waals surface area contributed by atoms with Crippen LogP contribution in [0.15, 0.2) is 149 Å². The Bertz CT molecular complexity index is 2550. The van der Waals surface area contributed by atoms with Gasteiger partial charge in [-0.15, -0.1) is 0 Å². The number of fused-ring (bicyclic) bond motifs is 8. The molecular weight excluding hydrogens is 695 g/mol. The van der Waals surface area contributed by atoms with Gasteiger partial charge < -0.3 is 4.90 Å². The van der Waals surface area contributed by atoms with Crippen molar-refractivity contribution in [3.8, 4) is 22.3 Å². The zero-order valence-corrected chi connectivity index (χ0v) is 34.0. The van der Waals surface area contributed by atoms with Crippen molar-refractivity contribution in [2.75, 3.05) is 4.90 Å². The van der Waals surface area contributed by atoms with Gasteiger partial charge in [0.15, 0.2) is 0 Å². The van der Waals surface area contributed by atoms with Crippen molar-refractivity contribution in [3.63, 3.8) is 0 Å². The number of hydrogen-bond donors (Lipinski definition) is 0. The highest BCUT2D eigenvalue weighted by Crippen LogP contribution is 2.89. The average Bonchev–Trinajstić information content (AvgIpc) is 3.76. The van der Waals surface area contributed by atoms with E-state index in [1.165, 1.54) is 98.8 Å². The van der Waals surface area contributed by atoms with Crippen LogP contribution in [0.2, 0.25) is 0 Å². The second kappa shape index (κ2) is 11.5. The molecule has 6 atom stereocenters. The molecule has 0 radical (unpaired) electrons. The molecule has 1 heterocycles. The van der Waals surface area contributed by atoms with E-state index in [0.717, 1.165) is 23.7 Å². The van der Waals surface area contributed by atoms with E-state index < -0.39 is 0 Å². The molecule has 4 saturated carbocycles. The van der Waals surface area contributed by atoms with Crippen LogP contribution < -0.4 is 4.90 Å². The highest BCUT2D eigenvalue weighted by molar-refractivity contribution is 7.99. The van der Waals surface area contributed by atoms with E-state index in [-0.39, 0.29) is 16.2 Å². The summed E-state index contributed by atoms with van der Waals surface area (Å²) in [5, 5.41) is 0. The van der Waals surface area contributed by atoms with Gasteiger partial charge in [-0.05, 0) is 159 Å². The maximum absolute atomic E-state index is 2.69. The van der Waals surface area contributed by atoms with Crippen LogP contribution in [0.5, 0.6) is 0 Å². The second-order valence-electron chi connectivity index (χ2n) is 19.6. The van der Waals surface area contributed by atoms with Crippen LogP contribution in [0.25, 0.3) is 22.3 Å². The SMILES string of the molecule is CC1(C)CCC(C)(C)c2c(N(c3ccc(-c4ccccc4)cc3)c3ccc4c(c3)C3(c5cccc(-c6ccccc6)c5S4)C4CC5CC6CC3C64C5)cccc21. The molecule has 12 rings (SSSR count). The van der Waals surface area contributed by atoms with Gasteiger partial charge in [0.05, 0.1) is 5.69 Å². The Hall–Kier alpha value is -4.53. The quantitative estimate of drug-likeness (QED) is 0.173. The fourth-order valence-electron chi connectivity index (χ4n) is 13.9. The molecule has 0 amide bonds. The summed E-state index contributed by atoms with van der Waals surface area (Å²) in [6.45, 7) is 9.88. The Morgan fingerprint density at radius 2 is 1.21 bits per heavy atom. The summed E-state index contributed by atoms with van der Waals surface area (Å²) in [5.74, 6) is 3.34. The Morgan fingerprint density at radius 1 is 0.554 bits per heavy atom. The first-order chi connectivity index (χ1) is 27.2. The van der Waals surface area contributed by atoms with Crippen LogP contribution in [-0.2, 0) is 16.2 Å². The lowest BCUT2D eigenvalue weighted by molar-refractivity contribution is -0.235. The number of hydrogen-bond acceptors (Lipinski definition) is 2. The number of anilines is 3. The standard InChI is InChI=1S/C54H51NS/c1-51(2)27-28-52(3,4)49-42(51)18-12-20-45(49)55(39-23-21-36(22-24-39)35-13-7-5-8-14-35)40-25-26-46-44(32-40)54(47-30-34-29-38-31-48(54)53(38,47)33-34)43-19-11-17-41(50(43)56-46)37-15-9-6-10-16-37/h5-26,32,34,38,47-48H,27-31,33H2,1-4H3. The van der Waals surface area contributed by atoms with Crippen molar-refractivity contribution in [1.29, 1.82) is 0 Å². The molecule has 0 aromatic heterocycles. The fourth-order valence-corrected chi connectivity index (χ4v) is 15.2. The lowest BCUT2D eigenvalue weighted by atomic mass is 9.26. The van der Waals surface area contributed by atoms with E-state index in [4.69, 9.17) is 0 Å². The van der Waals surface area contributed by atoms with Gasteiger partial charge in [-0.1, -0.05) is 143 Å². The van der Waals surface area contributed by atoms with Gasteiger partial charge in [0.1, 0.15) is 0 Å². The predicted molar refractivity (Wildman–Crippen MR) is 233 cm³/mol. The minimum absolute atomic E-state index is 0.0616. The lowest BCUT2D eigenvalue weighted by Gasteiger charge is -2.78. The van der Waals surface area contributed by atoms with Crippen LogP contribution in [0.1, 0.15) is 88.5 Å². The fraction of sp³-hybridized carbons (Fsp3) is 0.333. The third-order valence-electron chi connectivity index (χ3n) is 16.2. The molecule has 2 spiro atoms. The molecule has 1 aliphatic heterocycles. The van der Waals surface area contributed by atoms with Crippen molar-refractivity contribution in [3.05, 3.63) is 162 Å². The third-order valence-corrected chi connectivity index (χ3v) is 17.4. The van der Waals surface area contributed by atoms with Crippen molar-refractivity contribution in [2.45, 2.75) is 92.3 Å².